The molecular formula is C11H13NO4. The first-order valence-corrected chi connectivity index (χ1v) is 5.66. The second-order valence-electron chi connectivity index (χ2n) is 4.94. The fourth-order valence-electron chi connectivity index (χ4n) is 3.60. The molecule has 3 aliphatic rings. The molecule has 4 atom stereocenters. The van der Waals surface area contributed by atoms with Gasteiger partial charge in [-0.3, -0.25) is 9.59 Å². The van der Waals surface area contributed by atoms with Crippen LogP contribution >= 0.6 is 0 Å². The molecular weight excluding hydrogens is 210 g/mol. The smallest absolute Gasteiger partial charge is 0.330 e. The standard InChI is InChI=1S/C11H13NO4/c1-5(13)16-12-10(14)8-6-2-3-7(4-6)9(8)11(12)15/h6-9H,2-4H2,1H3. The van der Waals surface area contributed by atoms with Crippen molar-refractivity contribution in [3.63, 3.8) is 0 Å². The Morgan fingerprint density at radius 2 is 1.69 bits per heavy atom. The number of amides is 2. The van der Waals surface area contributed by atoms with Crippen LogP contribution in [0.3, 0.4) is 0 Å². The second-order valence-corrected chi connectivity index (χ2v) is 4.94. The fraction of sp³-hybridized carbons (Fsp3) is 0.727. The van der Waals surface area contributed by atoms with E-state index in [1.807, 2.05) is 0 Å². The third-order valence-electron chi connectivity index (χ3n) is 4.11. The number of nitrogens with zero attached hydrogens (tertiary/aromatic N) is 1. The van der Waals surface area contributed by atoms with Crippen molar-refractivity contribution in [2.24, 2.45) is 23.7 Å². The summed E-state index contributed by atoms with van der Waals surface area (Å²) in [7, 11) is 0. The maximum atomic E-state index is 12.0. The highest BCUT2D eigenvalue weighted by Gasteiger charge is 2.62. The lowest BCUT2D eigenvalue weighted by molar-refractivity contribution is -0.197. The average molecular weight is 223 g/mol. The predicted octanol–water partition coefficient (Wildman–Crippen LogP) is 0.496. The summed E-state index contributed by atoms with van der Waals surface area (Å²) < 4.78 is 0. The van der Waals surface area contributed by atoms with E-state index in [0.717, 1.165) is 19.3 Å². The lowest BCUT2D eigenvalue weighted by Crippen LogP contribution is -2.34. The second kappa shape index (κ2) is 3.06. The predicted molar refractivity (Wildman–Crippen MR) is 51.4 cm³/mol. The molecule has 4 unspecified atom stereocenters. The summed E-state index contributed by atoms with van der Waals surface area (Å²) in [4.78, 5) is 39.4. The van der Waals surface area contributed by atoms with Crippen molar-refractivity contribution in [1.29, 1.82) is 0 Å². The van der Waals surface area contributed by atoms with Gasteiger partial charge in [0.05, 0.1) is 11.8 Å². The number of hydrogen-bond donors (Lipinski definition) is 0. The van der Waals surface area contributed by atoms with Crippen LogP contribution < -0.4 is 0 Å². The summed E-state index contributed by atoms with van der Waals surface area (Å²) in [5.74, 6) is -1.01. The quantitative estimate of drug-likeness (QED) is 0.607. The van der Waals surface area contributed by atoms with Crippen LogP contribution in [0.15, 0.2) is 0 Å². The molecule has 2 amide bonds. The number of fused-ring (bicyclic) bond motifs is 5. The van der Waals surface area contributed by atoms with E-state index in [9.17, 15) is 14.4 Å². The molecule has 5 nitrogen and oxygen atoms in total. The zero-order valence-corrected chi connectivity index (χ0v) is 9.01. The Kier molecular flexibility index (Phi) is 1.87. The van der Waals surface area contributed by atoms with Crippen molar-refractivity contribution in [2.45, 2.75) is 26.2 Å². The van der Waals surface area contributed by atoms with Gasteiger partial charge in [0.15, 0.2) is 0 Å². The van der Waals surface area contributed by atoms with E-state index in [0.29, 0.717) is 16.9 Å². The first-order chi connectivity index (χ1) is 7.59. The summed E-state index contributed by atoms with van der Waals surface area (Å²) >= 11 is 0. The lowest BCUT2D eigenvalue weighted by atomic mass is 9.81. The average Bonchev–Trinajstić information content (AvgIpc) is 2.87. The van der Waals surface area contributed by atoms with E-state index in [1.54, 1.807) is 0 Å². The van der Waals surface area contributed by atoms with Crippen LogP contribution in [0.5, 0.6) is 0 Å². The van der Waals surface area contributed by atoms with E-state index in [1.165, 1.54) is 6.92 Å². The largest absolute Gasteiger partial charge is 0.331 e. The van der Waals surface area contributed by atoms with Crippen LogP contribution in [0, 0.1) is 23.7 Å². The summed E-state index contributed by atoms with van der Waals surface area (Å²) in [6.07, 6.45) is 3.04. The summed E-state index contributed by atoms with van der Waals surface area (Å²) in [6.45, 7) is 1.20. The number of carbonyl (C=O) groups is 3. The molecule has 16 heavy (non-hydrogen) atoms. The highest BCUT2D eigenvalue weighted by Crippen LogP contribution is 2.56. The third kappa shape index (κ3) is 1.08. The van der Waals surface area contributed by atoms with E-state index in [-0.39, 0.29) is 23.7 Å². The number of rotatable bonds is 1. The molecule has 5 heteroatoms. The number of hydrogen-bond acceptors (Lipinski definition) is 4. The van der Waals surface area contributed by atoms with Gasteiger partial charge in [-0.25, -0.2) is 4.79 Å². The van der Waals surface area contributed by atoms with Crippen molar-refractivity contribution in [3.8, 4) is 0 Å². The first kappa shape index (κ1) is 9.81. The Bertz CT molecular complexity index is 363. The highest BCUT2D eigenvalue weighted by molar-refractivity contribution is 6.05. The Balaban J connectivity index is 1.89. The third-order valence-corrected chi connectivity index (χ3v) is 4.11. The van der Waals surface area contributed by atoms with Gasteiger partial charge in [-0.1, -0.05) is 0 Å². The molecule has 2 bridgehead atoms. The SMILES string of the molecule is CC(=O)ON1C(=O)C2C3CCC(C3)C2C1=O. The summed E-state index contributed by atoms with van der Waals surface area (Å²) in [5.41, 5.74) is 0. The Morgan fingerprint density at radius 1 is 1.19 bits per heavy atom. The van der Waals surface area contributed by atoms with Gasteiger partial charge in [0.1, 0.15) is 0 Å². The van der Waals surface area contributed by atoms with Crippen LogP contribution in [-0.2, 0) is 19.2 Å². The van der Waals surface area contributed by atoms with Crippen LogP contribution in [0.2, 0.25) is 0 Å². The zero-order valence-electron chi connectivity index (χ0n) is 9.01. The Labute approximate surface area is 92.7 Å². The Hall–Kier alpha value is -1.39. The molecule has 0 aromatic carbocycles. The van der Waals surface area contributed by atoms with Crippen molar-refractivity contribution >= 4 is 17.8 Å². The van der Waals surface area contributed by atoms with Gasteiger partial charge in [0.25, 0.3) is 11.8 Å². The van der Waals surface area contributed by atoms with Crippen LogP contribution in [0.1, 0.15) is 26.2 Å². The minimum atomic E-state index is -0.617. The van der Waals surface area contributed by atoms with Crippen LogP contribution in [-0.4, -0.2) is 22.8 Å². The van der Waals surface area contributed by atoms with Gasteiger partial charge in [-0.15, -0.1) is 5.06 Å². The van der Waals surface area contributed by atoms with Crippen molar-refractivity contribution in [1.82, 2.24) is 5.06 Å². The molecule has 3 rings (SSSR count). The van der Waals surface area contributed by atoms with E-state index >= 15 is 0 Å². The minimum Gasteiger partial charge on any atom is -0.331 e. The number of carbonyl (C=O) groups excluding carboxylic acids is 3. The molecule has 1 aliphatic heterocycles. The van der Waals surface area contributed by atoms with Crippen molar-refractivity contribution in [3.05, 3.63) is 0 Å². The van der Waals surface area contributed by atoms with Crippen LogP contribution in [0.25, 0.3) is 0 Å². The number of imide groups is 1. The van der Waals surface area contributed by atoms with E-state index in [4.69, 9.17) is 4.84 Å². The molecule has 2 saturated carbocycles. The molecule has 0 spiro atoms. The fourth-order valence-corrected chi connectivity index (χ4v) is 3.60. The number of hydroxylamine groups is 2. The molecule has 2 aliphatic carbocycles. The van der Waals surface area contributed by atoms with Gasteiger partial charge in [0.2, 0.25) is 0 Å². The normalized spacial score (nSPS) is 40.4. The molecule has 1 heterocycles. The van der Waals surface area contributed by atoms with Gasteiger partial charge >= 0.3 is 5.97 Å². The van der Waals surface area contributed by atoms with Gasteiger partial charge in [-0.05, 0) is 31.1 Å². The molecule has 3 fully saturated rings. The molecule has 86 valence electrons. The Morgan fingerprint density at radius 3 is 2.12 bits per heavy atom. The van der Waals surface area contributed by atoms with Gasteiger partial charge < -0.3 is 4.84 Å². The zero-order chi connectivity index (χ0) is 11.4. The molecule has 1 saturated heterocycles. The molecule has 0 aromatic heterocycles. The molecule has 0 aromatic rings. The monoisotopic (exact) mass is 223 g/mol. The first-order valence-electron chi connectivity index (χ1n) is 5.66. The van der Waals surface area contributed by atoms with Crippen LogP contribution in [0.4, 0.5) is 0 Å². The topological polar surface area (TPSA) is 63.7 Å². The maximum Gasteiger partial charge on any atom is 0.330 e. The van der Waals surface area contributed by atoms with E-state index in [2.05, 4.69) is 0 Å². The minimum absolute atomic E-state index is 0.217. The van der Waals surface area contributed by atoms with Crippen molar-refractivity contribution in [2.75, 3.05) is 0 Å². The summed E-state index contributed by atoms with van der Waals surface area (Å²) in [6, 6.07) is 0. The van der Waals surface area contributed by atoms with Gasteiger partial charge in [0, 0.05) is 6.92 Å². The summed E-state index contributed by atoms with van der Waals surface area (Å²) in [5, 5.41) is 0.697. The van der Waals surface area contributed by atoms with Gasteiger partial charge in [-0.2, -0.15) is 0 Å². The van der Waals surface area contributed by atoms with E-state index < -0.39 is 5.97 Å². The van der Waals surface area contributed by atoms with Crippen molar-refractivity contribution < 1.29 is 19.2 Å². The highest BCUT2D eigenvalue weighted by atomic mass is 16.7. The maximum absolute atomic E-state index is 12.0. The molecule has 0 radical (unpaired) electrons. The lowest BCUT2D eigenvalue weighted by Gasteiger charge is -2.18. The molecule has 0 N–H and O–H groups in total.